The molecule has 1 unspecified atom stereocenters. The van der Waals surface area contributed by atoms with Crippen molar-refractivity contribution < 1.29 is 13.2 Å². The van der Waals surface area contributed by atoms with Crippen molar-refractivity contribution in [1.82, 2.24) is 10.0 Å². The SMILES string of the molecule is CCNCc1cc(S(=O)(=O)NCC2CCCO2)c(C)s1. The average Bonchev–Trinajstić information content (AvgIpc) is 3.03. The summed E-state index contributed by atoms with van der Waals surface area (Å²) >= 11 is 1.53. The van der Waals surface area contributed by atoms with Crippen molar-refractivity contribution in [2.75, 3.05) is 19.7 Å². The van der Waals surface area contributed by atoms with Gasteiger partial charge in [0.2, 0.25) is 10.0 Å². The minimum atomic E-state index is -3.43. The first kappa shape index (κ1) is 15.9. The third kappa shape index (κ3) is 4.02. The molecule has 0 bridgehead atoms. The Morgan fingerprint density at radius 1 is 1.50 bits per heavy atom. The Bertz CT molecular complexity index is 534. The van der Waals surface area contributed by atoms with Crippen molar-refractivity contribution in [3.8, 4) is 0 Å². The van der Waals surface area contributed by atoms with Crippen LogP contribution in [-0.4, -0.2) is 34.2 Å². The van der Waals surface area contributed by atoms with Gasteiger partial charge in [-0.3, -0.25) is 0 Å². The summed E-state index contributed by atoms with van der Waals surface area (Å²) in [6, 6.07) is 1.76. The molecule has 0 amide bonds. The predicted octanol–water partition coefficient (Wildman–Crippen LogP) is 1.62. The highest BCUT2D eigenvalue weighted by atomic mass is 32.2. The zero-order chi connectivity index (χ0) is 14.6. The molecule has 0 spiro atoms. The molecule has 1 atom stereocenters. The minimum Gasteiger partial charge on any atom is -0.377 e. The lowest BCUT2D eigenvalue weighted by atomic mass is 10.2. The maximum absolute atomic E-state index is 12.3. The van der Waals surface area contributed by atoms with E-state index in [1.807, 2.05) is 13.8 Å². The van der Waals surface area contributed by atoms with Gasteiger partial charge in [-0.05, 0) is 32.4 Å². The summed E-state index contributed by atoms with van der Waals surface area (Å²) in [4.78, 5) is 2.27. The van der Waals surface area contributed by atoms with Crippen LogP contribution in [-0.2, 0) is 21.3 Å². The molecule has 114 valence electrons. The van der Waals surface area contributed by atoms with Crippen LogP contribution in [0.5, 0.6) is 0 Å². The van der Waals surface area contributed by atoms with Crippen LogP contribution in [0.25, 0.3) is 0 Å². The molecule has 2 heterocycles. The maximum atomic E-state index is 12.3. The van der Waals surface area contributed by atoms with Crippen molar-refractivity contribution >= 4 is 21.4 Å². The van der Waals surface area contributed by atoms with E-state index in [-0.39, 0.29) is 6.10 Å². The Morgan fingerprint density at radius 2 is 2.30 bits per heavy atom. The Hall–Kier alpha value is -0.470. The second kappa shape index (κ2) is 7.00. The van der Waals surface area contributed by atoms with Crippen LogP contribution in [0.3, 0.4) is 0 Å². The van der Waals surface area contributed by atoms with E-state index in [1.165, 1.54) is 11.3 Å². The molecular weight excluding hydrogens is 296 g/mol. The Morgan fingerprint density at radius 3 is 2.95 bits per heavy atom. The van der Waals surface area contributed by atoms with Gasteiger partial charge in [-0.15, -0.1) is 11.3 Å². The molecular formula is C13H22N2O3S2. The molecule has 1 saturated heterocycles. The second-order valence-corrected chi connectivity index (χ2v) is 7.98. The molecule has 1 aromatic heterocycles. The molecule has 0 saturated carbocycles. The summed E-state index contributed by atoms with van der Waals surface area (Å²) in [6.45, 7) is 6.55. The van der Waals surface area contributed by atoms with Crippen LogP contribution in [0.15, 0.2) is 11.0 Å². The number of rotatable bonds is 7. The van der Waals surface area contributed by atoms with Gasteiger partial charge in [-0.1, -0.05) is 6.92 Å². The summed E-state index contributed by atoms with van der Waals surface area (Å²) in [5.74, 6) is 0. The van der Waals surface area contributed by atoms with Crippen molar-refractivity contribution in [2.24, 2.45) is 0 Å². The van der Waals surface area contributed by atoms with E-state index in [0.29, 0.717) is 18.0 Å². The van der Waals surface area contributed by atoms with Gasteiger partial charge in [0.05, 0.1) is 11.0 Å². The Balaban J connectivity index is 2.02. The molecule has 0 aliphatic carbocycles. The van der Waals surface area contributed by atoms with Gasteiger partial charge in [0.15, 0.2) is 0 Å². The molecule has 0 aromatic carbocycles. The van der Waals surface area contributed by atoms with Crippen LogP contribution in [0.1, 0.15) is 29.5 Å². The highest BCUT2D eigenvalue weighted by Gasteiger charge is 2.23. The zero-order valence-electron chi connectivity index (χ0n) is 11.9. The minimum absolute atomic E-state index is 0.0185. The summed E-state index contributed by atoms with van der Waals surface area (Å²) in [5, 5.41) is 3.21. The summed E-state index contributed by atoms with van der Waals surface area (Å²) in [7, 11) is -3.43. The number of sulfonamides is 1. The predicted molar refractivity (Wildman–Crippen MR) is 80.6 cm³/mol. The third-order valence-electron chi connectivity index (χ3n) is 3.29. The molecule has 7 heteroatoms. The fraction of sp³-hybridized carbons (Fsp3) is 0.692. The molecule has 20 heavy (non-hydrogen) atoms. The largest absolute Gasteiger partial charge is 0.377 e. The van der Waals surface area contributed by atoms with Gasteiger partial charge in [0.25, 0.3) is 0 Å². The van der Waals surface area contributed by atoms with Crippen molar-refractivity contribution in [2.45, 2.75) is 44.2 Å². The van der Waals surface area contributed by atoms with Gasteiger partial charge in [-0.2, -0.15) is 0 Å². The molecule has 1 aliphatic heterocycles. The van der Waals surface area contributed by atoms with Crippen LogP contribution >= 0.6 is 11.3 Å². The molecule has 1 aromatic rings. The number of hydrogen-bond donors (Lipinski definition) is 2. The highest BCUT2D eigenvalue weighted by molar-refractivity contribution is 7.89. The van der Waals surface area contributed by atoms with E-state index < -0.39 is 10.0 Å². The van der Waals surface area contributed by atoms with E-state index in [2.05, 4.69) is 10.0 Å². The second-order valence-electron chi connectivity index (χ2n) is 4.90. The fourth-order valence-electron chi connectivity index (χ4n) is 2.21. The van der Waals surface area contributed by atoms with Crippen LogP contribution in [0.2, 0.25) is 0 Å². The fourth-order valence-corrected chi connectivity index (χ4v) is 4.88. The molecule has 0 radical (unpaired) electrons. The molecule has 1 fully saturated rings. The van der Waals surface area contributed by atoms with E-state index in [0.717, 1.165) is 35.7 Å². The van der Waals surface area contributed by atoms with E-state index in [4.69, 9.17) is 4.74 Å². The van der Waals surface area contributed by atoms with Gasteiger partial charge in [-0.25, -0.2) is 13.1 Å². The monoisotopic (exact) mass is 318 g/mol. The first-order chi connectivity index (χ1) is 9.53. The standard InChI is InChI=1S/C13H22N2O3S2/c1-3-14-9-12-7-13(10(2)19-12)20(16,17)15-8-11-5-4-6-18-11/h7,11,14-15H,3-6,8-9H2,1-2H3. The Kier molecular flexibility index (Phi) is 5.57. The normalized spacial score (nSPS) is 19.6. The van der Waals surface area contributed by atoms with Crippen molar-refractivity contribution in [3.05, 3.63) is 15.8 Å². The van der Waals surface area contributed by atoms with E-state index >= 15 is 0 Å². The van der Waals surface area contributed by atoms with Gasteiger partial charge in [0.1, 0.15) is 0 Å². The molecule has 2 rings (SSSR count). The van der Waals surface area contributed by atoms with E-state index in [1.54, 1.807) is 6.07 Å². The van der Waals surface area contributed by atoms with Crippen LogP contribution in [0.4, 0.5) is 0 Å². The first-order valence-electron chi connectivity index (χ1n) is 6.94. The van der Waals surface area contributed by atoms with Crippen molar-refractivity contribution in [3.63, 3.8) is 0 Å². The molecule has 5 nitrogen and oxygen atoms in total. The zero-order valence-corrected chi connectivity index (χ0v) is 13.6. The molecule has 2 N–H and O–H groups in total. The topological polar surface area (TPSA) is 67.4 Å². The van der Waals surface area contributed by atoms with Crippen LogP contribution in [0, 0.1) is 6.92 Å². The smallest absolute Gasteiger partial charge is 0.241 e. The number of nitrogens with one attached hydrogen (secondary N) is 2. The summed E-state index contributed by atoms with van der Waals surface area (Å²) < 4.78 is 32.7. The number of thiophene rings is 1. The number of aryl methyl sites for hydroxylation is 1. The lowest BCUT2D eigenvalue weighted by molar-refractivity contribution is 0.114. The highest BCUT2D eigenvalue weighted by Crippen LogP contribution is 2.25. The summed E-state index contributed by atoms with van der Waals surface area (Å²) in [5.41, 5.74) is 0. The van der Waals surface area contributed by atoms with Gasteiger partial charge in [0, 0.05) is 29.5 Å². The maximum Gasteiger partial charge on any atom is 0.241 e. The average molecular weight is 318 g/mol. The quantitative estimate of drug-likeness (QED) is 0.802. The van der Waals surface area contributed by atoms with Gasteiger partial charge < -0.3 is 10.1 Å². The first-order valence-corrected chi connectivity index (χ1v) is 9.24. The summed E-state index contributed by atoms with van der Waals surface area (Å²) in [6.07, 6.45) is 1.96. The van der Waals surface area contributed by atoms with Gasteiger partial charge >= 0.3 is 0 Å². The number of hydrogen-bond acceptors (Lipinski definition) is 5. The Labute approximate surface area is 124 Å². The van der Waals surface area contributed by atoms with Crippen LogP contribution < -0.4 is 10.0 Å². The van der Waals surface area contributed by atoms with E-state index in [9.17, 15) is 8.42 Å². The third-order valence-corrected chi connectivity index (χ3v) is 6.02. The lowest BCUT2D eigenvalue weighted by Gasteiger charge is -2.11. The van der Waals surface area contributed by atoms with Crippen molar-refractivity contribution in [1.29, 1.82) is 0 Å². The lowest BCUT2D eigenvalue weighted by Crippen LogP contribution is -2.31. The number of ether oxygens (including phenoxy) is 1. The molecule has 1 aliphatic rings.